The van der Waals surface area contributed by atoms with Crippen LogP contribution in [0.25, 0.3) is 6.08 Å². The van der Waals surface area contributed by atoms with E-state index in [0.717, 1.165) is 11.1 Å². The van der Waals surface area contributed by atoms with Crippen molar-refractivity contribution < 1.29 is 8.42 Å². The number of allylic oxidation sites excluding steroid dienone is 5. The third-order valence-electron chi connectivity index (χ3n) is 3.65. The van der Waals surface area contributed by atoms with Crippen LogP contribution in [0.3, 0.4) is 0 Å². The number of nitrogens with zero attached hydrogens (tertiary/aromatic N) is 1. The summed E-state index contributed by atoms with van der Waals surface area (Å²) in [6.45, 7) is 1.90. The maximum absolute atomic E-state index is 12.6. The Labute approximate surface area is 152 Å². The Kier molecular flexibility index (Phi) is 5.02. The van der Waals surface area contributed by atoms with Crippen molar-refractivity contribution >= 4 is 33.4 Å². The normalized spacial score (nSPS) is 17.8. The molecular formula is C20H16ClNO2S. The van der Waals surface area contributed by atoms with E-state index in [4.69, 9.17) is 11.6 Å². The van der Waals surface area contributed by atoms with Crippen molar-refractivity contribution in [1.29, 1.82) is 0 Å². The van der Waals surface area contributed by atoms with Crippen LogP contribution in [0.1, 0.15) is 11.1 Å². The molecule has 5 heteroatoms. The second-order valence-electron chi connectivity index (χ2n) is 5.64. The maximum Gasteiger partial charge on any atom is 0.282 e. The lowest BCUT2D eigenvalue weighted by molar-refractivity contribution is 0.598. The fourth-order valence-electron chi connectivity index (χ4n) is 2.35. The lowest BCUT2D eigenvalue weighted by Gasteiger charge is -2.09. The zero-order chi connectivity index (χ0) is 17.9. The summed E-state index contributed by atoms with van der Waals surface area (Å²) in [5.74, 6) is 0. The third kappa shape index (κ3) is 4.35. The van der Waals surface area contributed by atoms with Gasteiger partial charge >= 0.3 is 0 Å². The van der Waals surface area contributed by atoms with Crippen LogP contribution in [0.4, 0.5) is 0 Å². The minimum Gasteiger partial charge on any atom is -0.199 e. The Morgan fingerprint density at radius 2 is 1.64 bits per heavy atom. The van der Waals surface area contributed by atoms with Gasteiger partial charge in [-0.25, -0.2) is 0 Å². The average Bonchev–Trinajstić information content (AvgIpc) is 2.58. The third-order valence-corrected chi connectivity index (χ3v) is 5.19. The van der Waals surface area contributed by atoms with Gasteiger partial charge in [0.05, 0.1) is 10.6 Å². The molecular weight excluding hydrogens is 354 g/mol. The molecule has 0 aliphatic heterocycles. The first-order chi connectivity index (χ1) is 11.9. The summed E-state index contributed by atoms with van der Waals surface area (Å²) in [4.78, 5) is 0.165. The van der Waals surface area contributed by atoms with Gasteiger partial charge in [0.2, 0.25) is 0 Å². The van der Waals surface area contributed by atoms with E-state index in [9.17, 15) is 8.42 Å². The molecule has 0 atom stereocenters. The molecule has 2 aromatic carbocycles. The standard InChI is InChI=1S/C20H16ClNO2S/c1-15-7-10-19(11-8-15)25(23,24)22-20-12-9-18(21)14-17(20)13-16-5-3-2-4-6-16/h2-14H,1H3/b17-13-,22-20+. The molecule has 0 aromatic heterocycles. The number of halogens is 1. The molecule has 25 heavy (non-hydrogen) atoms. The van der Waals surface area contributed by atoms with Crippen molar-refractivity contribution in [3.05, 3.63) is 94.6 Å². The molecule has 0 amide bonds. The zero-order valence-electron chi connectivity index (χ0n) is 13.6. The Morgan fingerprint density at radius 1 is 0.960 bits per heavy atom. The highest BCUT2D eigenvalue weighted by Gasteiger charge is 2.16. The van der Waals surface area contributed by atoms with Gasteiger partial charge in [0.15, 0.2) is 0 Å². The van der Waals surface area contributed by atoms with E-state index in [-0.39, 0.29) is 4.90 Å². The Bertz CT molecular complexity index is 999. The summed E-state index contributed by atoms with van der Waals surface area (Å²) < 4.78 is 29.2. The van der Waals surface area contributed by atoms with Crippen molar-refractivity contribution in [3.63, 3.8) is 0 Å². The van der Waals surface area contributed by atoms with Crippen molar-refractivity contribution in [2.24, 2.45) is 4.40 Å². The first-order valence-electron chi connectivity index (χ1n) is 7.68. The van der Waals surface area contributed by atoms with E-state index in [1.807, 2.05) is 43.3 Å². The van der Waals surface area contributed by atoms with Crippen LogP contribution in [-0.4, -0.2) is 14.1 Å². The zero-order valence-corrected chi connectivity index (χ0v) is 15.1. The number of hydrogen-bond acceptors (Lipinski definition) is 2. The highest BCUT2D eigenvalue weighted by molar-refractivity contribution is 7.90. The Hall–Kier alpha value is -2.43. The van der Waals surface area contributed by atoms with Gasteiger partial charge in [-0.1, -0.05) is 59.6 Å². The Balaban J connectivity index is 2.04. The summed E-state index contributed by atoms with van der Waals surface area (Å²) >= 11 is 6.08. The number of rotatable bonds is 3. The summed E-state index contributed by atoms with van der Waals surface area (Å²) in [7, 11) is -3.80. The summed E-state index contributed by atoms with van der Waals surface area (Å²) in [5.41, 5.74) is 2.93. The summed E-state index contributed by atoms with van der Waals surface area (Å²) in [6.07, 6.45) is 6.81. The van der Waals surface area contributed by atoms with Crippen molar-refractivity contribution in [1.82, 2.24) is 0 Å². The quantitative estimate of drug-likeness (QED) is 0.772. The smallest absolute Gasteiger partial charge is 0.199 e. The van der Waals surface area contributed by atoms with Crippen LogP contribution in [0.2, 0.25) is 0 Å². The van der Waals surface area contributed by atoms with Crippen molar-refractivity contribution in [2.45, 2.75) is 11.8 Å². The van der Waals surface area contributed by atoms with Gasteiger partial charge in [0, 0.05) is 10.6 Å². The van der Waals surface area contributed by atoms with Crippen LogP contribution < -0.4 is 0 Å². The summed E-state index contributed by atoms with van der Waals surface area (Å²) in [6, 6.07) is 16.2. The molecule has 0 N–H and O–H groups in total. The molecule has 0 saturated carbocycles. The highest BCUT2D eigenvalue weighted by atomic mass is 35.5. The molecule has 0 radical (unpaired) electrons. The monoisotopic (exact) mass is 369 g/mol. The van der Waals surface area contributed by atoms with Crippen LogP contribution in [0, 0.1) is 6.92 Å². The molecule has 126 valence electrons. The molecule has 0 fully saturated rings. The first kappa shape index (κ1) is 17.4. The van der Waals surface area contributed by atoms with Gasteiger partial charge in [0.25, 0.3) is 10.0 Å². The average molecular weight is 370 g/mol. The van der Waals surface area contributed by atoms with Crippen molar-refractivity contribution in [2.75, 3.05) is 0 Å². The van der Waals surface area contributed by atoms with Gasteiger partial charge in [-0.3, -0.25) is 0 Å². The SMILES string of the molecule is Cc1ccc(S(=O)(=O)/N=C2\C=CC(Cl)=C\C2=C\c2ccccc2)cc1. The second-order valence-corrected chi connectivity index (χ2v) is 7.68. The van der Waals surface area contributed by atoms with E-state index < -0.39 is 10.0 Å². The van der Waals surface area contributed by atoms with E-state index in [0.29, 0.717) is 16.3 Å². The van der Waals surface area contributed by atoms with E-state index >= 15 is 0 Å². The molecule has 1 aliphatic carbocycles. The number of aryl methyl sites for hydroxylation is 1. The Morgan fingerprint density at radius 3 is 2.32 bits per heavy atom. The molecule has 0 bridgehead atoms. The van der Waals surface area contributed by atoms with Crippen LogP contribution in [-0.2, 0) is 10.0 Å². The molecule has 1 aliphatic rings. The predicted octanol–water partition coefficient (Wildman–Crippen LogP) is 4.90. The van der Waals surface area contributed by atoms with E-state index in [1.54, 1.807) is 42.5 Å². The van der Waals surface area contributed by atoms with E-state index in [1.165, 1.54) is 0 Å². The van der Waals surface area contributed by atoms with Crippen LogP contribution >= 0.6 is 11.6 Å². The summed E-state index contributed by atoms with van der Waals surface area (Å²) in [5, 5.41) is 0.522. The maximum atomic E-state index is 12.6. The fraction of sp³-hybridized carbons (Fsp3) is 0.0500. The lowest BCUT2D eigenvalue weighted by atomic mass is 10.0. The molecule has 0 heterocycles. The van der Waals surface area contributed by atoms with Gasteiger partial charge in [-0.2, -0.15) is 12.8 Å². The molecule has 3 nitrogen and oxygen atoms in total. The predicted molar refractivity (Wildman–Crippen MR) is 103 cm³/mol. The number of hydrogen-bond donors (Lipinski definition) is 0. The molecule has 0 saturated heterocycles. The van der Waals surface area contributed by atoms with Crippen molar-refractivity contribution in [3.8, 4) is 0 Å². The van der Waals surface area contributed by atoms with Gasteiger partial charge in [-0.05, 0) is 48.9 Å². The minimum atomic E-state index is -3.80. The molecule has 0 spiro atoms. The molecule has 2 aromatic rings. The van der Waals surface area contributed by atoms with Crippen LogP contribution in [0.15, 0.2) is 92.7 Å². The minimum absolute atomic E-state index is 0.165. The van der Waals surface area contributed by atoms with Gasteiger partial charge in [0.1, 0.15) is 0 Å². The second kappa shape index (κ2) is 7.21. The highest BCUT2D eigenvalue weighted by Crippen LogP contribution is 2.22. The molecule has 3 rings (SSSR count). The van der Waals surface area contributed by atoms with Gasteiger partial charge in [-0.15, -0.1) is 0 Å². The lowest BCUT2D eigenvalue weighted by Crippen LogP contribution is -2.07. The fourth-order valence-corrected chi connectivity index (χ4v) is 3.54. The largest absolute Gasteiger partial charge is 0.282 e. The number of benzene rings is 2. The van der Waals surface area contributed by atoms with Crippen LogP contribution in [0.5, 0.6) is 0 Å². The molecule has 0 unspecified atom stereocenters. The first-order valence-corrected chi connectivity index (χ1v) is 9.50. The topological polar surface area (TPSA) is 46.5 Å². The van der Waals surface area contributed by atoms with E-state index in [2.05, 4.69) is 4.40 Å². The number of sulfonamides is 1. The van der Waals surface area contributed by atoms with Gasteiger partial charge < -0.3 is 0 Å².